The Morgan fingerprint density at radius 2 is 2.00 bits per heavy atom. The van der Waals surface area contributed by atoms with Crippen molar-refractivity contribution in [2.75, 3.05) is 20.7 Å². The first-order valence-electron chi connectivity index (χ1n) is 5.15. The third-order valence-corrected chi connectivity index (χ3v) is 4.17. The van der Waals surface area contributed by atoms with Gasteiger partial charge in [-0.1, -0.05) is 6.07 Å². The molecule has 0 aromatic heterocycles. The van der Waals surface area contributed by atoms with Crippen LogP contribution in [0.1, 0.15) is 10.4 Å². The molecule has 0 aliphatic carbocycles. The molecule has 0 saturated heterocycles. The van der Waals surface area contributed by atoms with E-state index in [2.05, 4.69) is 4.74 Å². The van der Waals surface area contributed by atoms with Gasteiger partial charge in [0, 0.05) is 7.05 Å². The molecule has 0 radical (unpaired) electrons. The lowest BCUT2D eigenvalue weighted by Crippen LogP contribution is -2.32. The number of carbonyl (C=O) groups is 2. The fraction of sp³-hybridized carbons (Fsp3) is 0.273. The summed E-state index contributed by atoms with van der Waals surface area (Å²) in [6.07, 6.45) is 0. The summed E-state index contributed by atoms with van der Waals surface area (Å²) in [6.45, 7) is -0.448. The zero-order valence-corrected chi connectivity index (χ0v) is 11.2. The number of hydrogen-bond donors (Lipinski definition) is 1. The molecule has 0 amide bonds. The normalized spacial score (nSPS) is 11.3. The topological polar surface area (TPSA) is 101 Å². The Labute approximate surface area is 110 Å². The average Bonchev–Trinajstić information content (AvgIpc) is 2.38. The minimum Gasteiger partial charge on any atom is -0.478 e. The van der Waals surface area contributed by atoms with Crippen LogP contribution in [0, 0.1) is 0 Å². The van der Waals surface area contributed by atoms with Gasteiger partial charge in [0.15, 0.2) is 0 Å². The van der Waals surface area contributed by atoms with E-state index in [1.54, 1.807) is 0 Å². The predicted molar refractivity (Wildman–Crippen MR) is 65.2 cm³/mol. The molecule has 0 fully saturated rings. The Morgan fingerprint density at radius 1 is 1.37 bits per heavy atom. The van der Waals surface area contributed by atoms with Crippen molar-refractivity contribution in [3.8, 4) is 0 Å². The van der Waals surface area contributed by atoms with Gasteiger partial charge >= 0.3 is 11.9 Å². The molecule has 1 aromatic rings. The Balaban J connectivity index is 3.09. The highest BCUT2D eigenvalue weighted by atomic mass is 32.2. The third-order valence-electron chi connectivity index (χ3n) is 2.37. The summed E-state index contributed by atoms with van der Waals surface area (Å²) in [4.78, 5) is 21.6. The lowest BCUT2D eigenvalue weighted by atomic mass is 10.2. The first kappa shape index (κ1) is 15.1. The van der Waals surface area contributed by atoms with Crippen LogP contribution in [-0.4, -0.2) is 50.5 Å². The Hall–Kier alpha value is -1.93. The molecule has 1 rings (SSSR count). The maximum atomic E-state index is 12.1. The Morgan fingerprint density at radius 3 is 2.53 bits per heavy atom. The quantitative estimate of drug-likeness (QED) is 0.775. The second kappa shape index (κ2) is 5.81. The number of hydrogen-bond acceptors (Lipinski definition) is 5. The van der Waals surface area contributed by atoms with Crippen molar-refractivity contribution in [2.24, 2.45) is 0 Å². The predicted octanol–water partition coefficient (Wildman–Crippen LogP) is 0.178. The molecule has 0 bridgehead atoms. The molecular weight excluding hydrogens is 274 g/mol. The second-order valence-corrected chi connectivity index (χ2v) is 5.72. The summed E-state index contributed by atoms with van der Waals surface area (Å²) in [6, 6.07) is 4.89. The number of carboxylic acid groups (broad SMARTS) is 1. The van der Waals surface area contributed by atoms with Crippen LogP contribution < -0.4 is 0 Å². The zero-order valence-electron chi connectivity index (χ0n) is 10.4. The largest absolute Gasteiger partial charge is 0.478 e. The maximum Gasteiger partial charge on any atom is 0.335 e. The van der Waals surface area contributed by atoms with Gasteiger partial charge in [0.25, 0.3) is 0 Å². The van der Waals surface area contributed by atoms with Crippen LogP contribution in [0.15, 0.2) is 29.2 Å². The molecule has 19 heavy (non-hydrogen) atoms. The first-order chi connectivity index (χ1) is 8.78. The number of rotatable bonds is 5. The van der Waals surface area contributed by atoms with Crippen LogP contribution in [0.3, 0.4) is 0 Å². The van der Waals surface area contributed by atoms with E-state index in [0.717, 1.165) is 17.5 Å². The van der Waals surface area contributed by atoms with Gasteiger partial charge in [-0.2, -0.15) is 4.31 Å². The van der Waals surface area contributed by atoms with E-state index >= 15 is 0 Å². The van der Waals surface area contributed by atoms with E-state index in [1.165, 1.54) is 25.2 Å². The standard InChI is InChI=1S/C11H13NO6S/c1-12(7-10(13)18-2)19(16,17)9-5-3-4-8(6-9)11(14)15/h3-6H,7H2,1-2H3,(H,14,15). The van der Waals surface area contributed by atoms with Gasteiger partial charge in [-0.05, 0) is 18.2 Å². The van der Waals surface area contributed by atoms with Crippen LogP contribution >= 0.6 is 0 Å². The number of carbonyl (C=O) groups excluding carboxylic acids is 1. The van der Waals surface area contributed by atoms with Crippen LogP contribution in [0.25, 0.3) is 0 Å². The minimum absolute atomic E-state index is 0.146. The van der Waals surface area contributed by atoms with Gasteiger partial charge in [0.1, 0.15) is 6.54 Å². The van der Waals surface area contributed by atoms with Crippen molar-refractivity contribution < 1.29 is 27.9 Å². The summed E-state index contributed by atoms with van der Waals surface area (Å²) in [7, 11) is -1.58. The van der Waals surface area contributed by atoms with Gasteiger partial charge < -0.3 is 9.84 Å². The molecule has 0 aliphatic rings. The molecule has 104 valence electrons. The van der Waals surface area contributed by atoms with Crippen LogP contribution in [0.4, 0.5) is 0 Å². The number of esters is 1. The number of ether oxygens (including phenoxy) is 1. The second-order valence-electron chi connectivity index (χ2n) is 3.67. The summed E-state index contributed by atoms with van der Waals surface area (Å²) in [5.41, 5.74) is -0.146. The summed E-state index contributed by atoms with van der Waals surface area (Å²) >= 11 is 0. The van der Waals surface area contributed by atoms with E-state index in [4.69, 9.17) is 5.11 Å². The molecule has 8 heteroatoms. The van der Waals surface area contributed by atoms with Crippen molar-refractivity contribution in [1.82, 2.24) is 4.31 Å². The van der Waals surface area contributed by atoms with E-state index in [1.807, 2.05) is 0 Å². The van der Waals surface area contributed by atoms with E-state index < -0.39 is 28.5 Å². The lowest BCUT2D eigenvalue weighted by Gasteiger charge is -2.15. The Bertz CT molecular complexity index is 595. The maximum absolute atomic E-state index is 12.1. The number of carboxylic acids is 1. The van der Waals surface area contributed by atoms with Gasteiger partial charge in [0.2, 0.25) is 10.0 Å². The summed E-state index contributed by atoms with van der Waals surface area (Å²) in [5.74, 6) is -1.94. The number of aromatic carboxylic acids is 1. The monoisotopic (exact) mass is 287 g/mol. The van der Waals surface area contributed by atoms with Gasteiger partial charge in [-0.25, -0.2) is 13.2 Å². The molecule has 1 N–H and O–H groups in total. The number of nitrogens with zero attached hydrogens (tertiary/aromatic N) is 1. The summed E-state index contributed by atoms with van der Waals surface area (Å²) in [5, 5.41) is 8.81. The Kier molecular flexibility index (Phi) is 4.62. The number of benzene rings is 1. The highest BCUT2D eigenvalue weighted by molar-refractivity contribution is 7.89. The smallest absolute Gasteiger partial charge is 0.335 e. The molecule has 0 unspecified atom stereocenters. The molecule has 0 atom stereocenters. The highest BCUT2D eigenvalue weighted by Gasteiger charge is 2.24. The molecule has 0 saturated carbocycles. The van der Waals surface area contributed by atoms with Gasteiger partial charge in [0.05, 0.1) is 17.6 Å². The number of likely N-dealkylation sites (N-methyl/N-ethyl adjacent to an activating group) is 1. The fourth-order valence-electron chi connectivity index (χ4n) is 1.30. The molecule has 1 aromatic carbocycles. The van der Waals surface area contributed by atoms with Crippen LogP contribution in [-0.2, 0) is 19.6 Å². The highest BCUT2D eigenvalue weighted by Crippen LogP contribution is 2.16. The third kappa shape index (κ3) is 3.52. The molecule has 7 nitrogen and oxygen atoms in total. The van der Waals surface area contributed by atoms with E-state index in [0.29, 0.717) is 0 Å². The molecule has 0 heterocycles. The number of methoxy groups -OCH3 is 1. The van der Waals surface area contributed by atoms with Crippen molar-refractivity contribution in [3.63, 3.8) is 0 Å². The van der Waals surface area contributed by atoms with Crippen molar-refractivity contribution in [1.29, 1.82) is 0 Å². The van der Waals surface area contributed by atoms with Crippen LogP contribution in [0.2, 0.25) is 0 Å². The first-order valence-corrected chi connectivity index (χ1v) is 6.59. The zero-order chi connectivity index (χ0) is 14.6. The van der Waals surface area contributed by atoms with Gasteiger partial charge in [-0.15, -0.1) is 0 Å². The minimum atomic E-state index is -3.93. The van der Waals surface area contributed by atoms with E-state index in [-0.39, 0.29) is 10.5 Å². The SMILES string of the molecule is COC(=O)CN(C)S(=O)(=O)c1cccc(C(=O)O)c1. The summed E-state index contributed by atoms with van der Waals surface area (Å²) < 4.78 is 29.3. The van der Waals surface area contributed by atoms with Crippen molar-refractivity contribution in [2.45, 2.75) is 4.90 Å². The number of sulfonamides is 1. The van der Waals surface area contributed by atoms with Crippen molar-refractivity contribution in [3.05, 3.63) is 29.8 Å². The molecule has 0 spiro atoms. The molecular formula is C11H13NO6S. The lowest BCUT2D eigenvalue weighted by molar-refractivity contribution is -0.140. The molecule has 0 aliphatic heterocycles. The van der Waals surface area contributed by atoms with Gasteiger partial charge in [-0.3, -0.25) is 4.79 Å². The van der Waals surface area contributed by atoms with Crippen molar-refractivity contribution >= 4 is 22.0 Å². The van der Waals surface area contributed by atoms with Crippen LogP contribution in [0.5, 0.6) is 0 Å². The van der Waals surface area contributed by atoms with E-state index in [9.17, 15) is 18.0 Å². The average molecular weight is 287 g/mol. The fourth-order valence-corrected chi connectivity index (χ4v) is 2.46.